The minimum Gasteiger partial charge on any atom is -0.548 e. The molecule has 0 aliphatic carbocycles. The molecule has 106 valence electrons. The van der Waals surface area contributed by atoms with E-state index in [0.717, 1.165) is 0 Å². The van der Waals surface area contributed by atoms with Crippen LogP contribution in [0.1, 0.15) is 26.5 Å². The Kier molecular flexibility index (Phi) is 4.52. The van der Waals surface area contributed by atoms with Gasteiger partial charge in [-0.05, 0) is 20.8 Å². The molecular formula is C12H18N3O4-. The fraction of sp³-hybridized carbons (Fsp3) is 0.583. The molecule has 0 fully saturated rings. The van der Waals surface area contributed by atoms with E-state index in [2.05, 4.69) is 10.3 Å². The Bertz CT molecular complexity index is 462. The van der Waals surface area contributed by atoms with E-state index >= 15 is 0 Å². The molecule has 0 unspecified atom stereocenters. The highest BCUT2D eigenvalue weighted by Crippen LogP contribution is 2.08. The summed E-state index contributed by atoms with van der Waals surface area (Å²) in [6.07, 6.45) is 2.38. The first kappa shape index (κ1) is 15.0. The lowest BCUT2D eigenvalue weighted by Gasteiger charge is -2.24. The lowest BCUT2D eigenvalue weighted by atomic mass is 10.1. The number of hydrogen-bond acceptors (Lipinski definition) is 5. The van der Waals surface area contributed by atoms with Gasteiger partial charge in [0.1, 0.15) is 5.60 Å². The van der Waals surface area contributed by atoms with E-state index in [-0.39, 0.29) is 6.42 Å². The molecule has 1 N–H and O–H groups in total. The zero-order chi connectivity index (χ0) is 14.6. The molecule has 0 radical (unpaired) electrons. The van der Waals surface area contributed by atoms with Crippen LogP contribution >= 0.6 is 0 Å². The molecule has 19 heavy (non-hydrogen) atoms. The van der Waals surface area contributed by atoms with Gasteiger partial charge in [0.05, 0.1) is 18.3 Å². The number of amides is 1. The van der Waals surface area contributed by atoms with Crippen molar-refractivity contribution in [1.29, 1.82) is 0 Å². The van der Waals surface area contributed by atoms with Gasteiger partial charge >= 0.3 is 6.09 Å². The fourth-order valence-corrected chi connectivity index (χ4v) is 1.43. The summed E-state index contributed by atoms with van der Waals surface area (Å²) in [7, 11) is 1.74. The predicted octanol–water partition coefficient (Wildman–Crippen LogP) is -0.394. The quantitative estimate of drug-likeness (QED) is 0.802. The SMILES string of the molecule is Cn1cncc1C[C@@H](NC(=O)OC(C)(C)C)C(=O)[O-]. The molecule has 7 nitrogen and oxygen atoms in total. The van der Waals surface area contributed by atoms with Crippen molar-refractivity contribution in [3.05, 3.63) is 18.2 Å². The van der Waals surface area contributed by atoms with Crippen molar-refractivity contribution in [3.8, 4) is 0 Å². The standard InChI is InChI=1S/C12H19N3O4/c1-12(2,3)19-11(18)14-9(10(16)17)5-8-6-13-7-15(8)4/h6-7,9H,5H2,1-4H3,(H,14,18)(H,16,17)/p-1/t9-/m1/s1. The molecule has 0 aliphatic rings. The zero-order valence-corrected chi connectivity index (χ0v) is 11.5. The molecule has 0 aliphatic heterocycles. The Labute approximate surface area is 111 Å². The largest absolute Gasteiger partial charge is 0.548 e. The van der Waals surface area contributed by atoms with Crippen LogP contribution in [0.4, 0.5) is 4.79 Å². The molecule has 0 saturated heterocycles. The lowest BCUT2D eigenvalue weighted by molar-refractivity contribution is -0.308. The maximum absolute atomic E-state index is 11.5. The first-order valence-electron chi connectivity index (χ1n) is 5.84. The third-order valence-electron chi connectivity index (χ3n) is 2.31. The van der Waals surface area contributed by atoms with Crippen molar-refractivity contribution in [2.24, 2.45) is 7.05 Å². The summed E-state index contributed by atoms with van der Waals surface area (Å²) in [5.74, 6) is -1.37. The van der Waals surface area contributed by atoms with Crippen LogP contribution in [-0.4, -0.2) is 33.3 Å². The maximum Gasteiger partial charge on any atom is 0.408 e. The molecule has 1 aromatic rings. The molecule has 0 spiro atoms. The highest BCUT2D eigenvalue weighted by molar-refractivity contribution is 5.78. The Hall–Kier alpha value is -2.05. The number of nitrogens with one attached hydrogen (secondary N) is 1. The summed E-state index contributed by atoms with van der Waals surface area (Å²) in [4.78, 5) is 26.4. The summed E-state index contributed by atoms with van der Waals surface area (Å²) < 4.78 is 6.68. The van der Waals surface area contributed by atoms with Gasteiger partial charge in [-0.15, -0.1) is 0 Å². The number of imidazole rings is 1. The molecule has 7 heteroatoms. The van der Waals surface area contributed by atoms with E-state index in [1.807, 2.05) is 0 Å². The molecule has 1 aromatic heterocycles. The molecule has 0 saturated carbocycles. The van der Waals surface area contributed by atoms with Gasteiger partial charge in [-0.2, -0.15) is 0 Å². The molecular weight excluding hydrogens is 250 g/mol. The number of aromatic nitrogens is 2. The average molecular weight is 268 g/mol. The molecule has 0 bridgehead atoms. The molecule has 1 amide bonds. The number of carbonyl (C=O) groups excluding carboxylic acids is 2. The minimum atomic E-state index is -1.37. The van der Waals surface area contributed by atoms with Crippen LogP contribution in [0.25, 0.3) is 0 Å². The van der Waals surface area contributed by atoms with Gasteiger partial charge < -0.3 is 24.5 Å². The van der Waals surface area contributed by atoms with Crippen LogP contribution in [0.3, 0.4) is 0 Å². The second-order valence-corrected chi connectivity index (χ2v) is 5.22. The van der Waals surface area contributed by atoms with Crippen molar-refractivity contribution in [3.63, 3.8) is 0 Å². The number of rotatable bonds is 4. The second-order valence-electron chi connectivity index (χ2n) is 5.22. The van der Waals surface area contributed by atoms with Crippen molar-refractivity contribution in [2.45, 2.75) is 38.8 Å². The van der Waals surface area contributed by atoms with E-state index in [1.54, 1.807) is 38.7 Å². The average Bonchev–Trinajstić information content (AvgIpc) is 2.60. The van der Waals surface area contributed by atoms with E-state index in [4.69, 9.17) is 4.74 Å². The minimum absolute atomic E-state index is 0.0814. The smallest absolute Gasteiger partial charge is 0.408 e. The highest BCUT2D eigenvalue weighted by atomic mass is 16.6. The van der Waals surface area contributed by atoms with E-state index < -0.39 is 23.7 Å². The number of nitrogens with zero attached hydrogens (tertiary/aromatic N) is 2. The molecule has 1 heterocycles. The number of aryl methyl sites for hydroxylation is 1. The second kappa shape index (κ2) is 5.73. The predicted molar refractivity (Wildman–Crippen MR) is 65.1 cm³/mol. The number of carboxylic acid groups (broad SMARTS) is 1. The third kappa shape index (κ3) is 4.99. The first-order chi connectivity index (χ1) is 8.69. The zero-order valence-electron chi connectivity index (χ0n) is 11.5. The summed E-state index contributed by atoms with van der Waals surface area (Å²) in [6.45, 7) is 5.09. The van der Waals surface area contributed by atoms with Crippen LogP contribution in [-0.2, 0) is 23.0 Å². The van der Waals surface area contributed by atoms with Gasteiger partial charge in [0, 0.05) is 25.4 Å². The van der Waals surface area contributed by atoms with E-state index in [1.165, 1.54) is 6.20 Å². The van der Waals surface area contributed by atoms with Gasteiger partial charge in [0.2, 0.25) is 0 Å². The van der Waals surface area contributed by atoms with Gasteiger partial charge in [0.25, 0.3) is 0 Å². The van der Waals surface area contributed by atoms with E-state index in [0.29, 0.717) is 5.69 Å². The first-order valence-corrected chi connectivity index (χ1v) is 5.84. The summed E-state index contributed by atoms with van der Waals surface area (Å²) >= 11 is 0. The topological polar surface area (TPSA) is 96.3 Å². The van der Waals surface area contributed by atoms with Crippen LogP contribution in [0.2, 0.25) is 0 Å². The third-order valence-corrected chi connectivity index (χ3v) is 2.31. The van der Waals surface area contributed by atoms with Crippen LogP contribution < -0.4 is 10.4 Å². The van der Waals surface area contributed by atoms with Crippen molar-refractivity contribution in [1.82, 2.24) is 14.9 Å². The van der Waals surface area contributed by atoms with Crippen LogP contribution in [0.15, 0.2) is 12.5 Å². The Morgan fingerprint density at radius 1 is 1.53 bits per heavy atom. The van der Waals surface area contributed by atoms with E-state index in [9.17, 15) is 14.7 Å². The van der Waals surface area contributed by atoms with Gasteiger partial charge in [-0.1, -0.05) is 0 Å². The monoisotopic (exact) mass is 268 g/mol. The summed E-state index contributed by atoms with van der Waals surface area (Å²) in [5, 5.41) is 13.3. The number of carbonyl (C=O) groups is 2. The van der Waals surface area contributed by atoms with Crippen molar-refractivity contribution in [2.75, 3.05) is 0 Å². The Balaban J connectivity index is 2.67. The number of alkyl carbamates (subject to hydrolysis) is 1. The molecule has 1 rings (SSSR count). The summed E-state index contributed by atoms with van der Waals surface area (Å²) in [5.41, 5.74) is -0.0159. The Morgan fingerprint density at radius 3 is 2.58 bits per heavy atom. The highest BCUT2D eigenvalue weighted by Gasteiger charge is 2.21. The van der Waals surface area contributed by atoms with Gasteiger partial charge in [-0.25, -0.2) is 9.78 Å². The summed E-state index contributed by atoms with van der Waals surface area (Å²) in [6, 6.07) is -1.16. The van der Waals surface area contributed by atoms with Crippen LogP contribution in [0, 0.1) is 0 Å². The molecule has 1 atom stereocenters. The number of aliphatic carboxylic acids is 1. The van der Waals surface area contributed by atoms with Gasteiger partial charge in [0.15, 0.2) is 0 Å². The van der Waals surface area contributed by atoms with Crippen LogP contribution in [0.5, 0.6) is 0 Å². The number of hydrogen-bond donors (Lipinski definition) is 1. The Morgan fingerprint density at radius 2 is 2.16 bits per heavy atom. The lowest BCUT2D eigenvalue weighted by Crippen LogP contribution is -2.50. The van der Waals surface area contributed by atoms with Crippen molar-refractivity contribution < 1.29 is 19.4 Å². The van der Waals surface area contributed by atoms with Crippen molar-refractivity contribution >= 4 is 12.1 Å². The van der Waals surface area contributed by atoms with Gasteiger partial charge in [-0.3, -0.25) is 0 Å². The molecule has 0 aromatic carbocycles. The normalized spacial score (nSPS) is 12.8. The number of carboxylic acids is 1. The number of ether oxygens (including phenoxy) is 1. The maximum atomic E-state index is 11.5. The fourth-order valence-electron chi connectivity index (χ4n) is 1.43.